The molecule has 0 aliphatic heterocycles. The van der Waals surface area contributed by atoms with Crippen molar-refractivity contribution in [3.63, 3.8) is 0 Å². The predicted molar refractivity (Wildman–Crippen MR) is 185 cm³/mol. The van der Waals surface area contributed by atoms with Crippen LogP contribution in [-0.4, -0.2) is 37.9 Å². The van der Waals surface area contributed by atoms with Crippen LogP contribution in [0.1, 0.15) is 118 Å². The lowest BCUT2D eigenvalue weighted by atomic mass is 10.1. The minimum absolute atomic E-state index is 0.675. The minimum Gasteiger partial charge on any atom is -0.493 e. The van der Waals surface area contributed by atoms with E-state index in [9.17, 15) is 9.13 Å². The van der Waals surface area contributed by atoms with Gasteiger partial charge in [-0.15, -0.1) is 0 Å². The second-order valence-electron chi connectivity index (χ2n) is 11.8. The third kappa shape index (κ3) is 12.6. The molecule has 0 radical (unpaired) electrons. The van der Waals surface area contributed by atoms with E-state index in [1.807, 2.05) is 48.5 Å². The van der Waals surface area contributed by atoms with E-state index in [0.29, 0.717) is 13.2 Å². The van der Waals surface area contributed by atoms with Crippen LogP contribution in [0.3, 0.4) is 0 Å². The van der Waals surface area contributed by atoms with Gasteiger partial charge in [-0.05, 0) is 62.8 Å². The van der Waals surface area contributed by atoms with Crippen molar-refractivity contribution >= 4 is 24.9 Å². The molecule has 238 valence electrons. The van der Waals surface area contributed by atoms with Crippen molar-refractivity contribution in [2.24, 2.45) is 0 Å². The van der Waals surface area contributed by atoms with Crippen molar-refractivity contribution in [2.45, 2.75) is 118 Å². The Balaban J connectivity index is 1.74. The Labute approximate surface area is 258 Å². The van der Waals surface area contributed by atoms with Crippen LogP contribution in [0.15, 0.2) is 48.5 Å². The number of hydrogen-bond acceptors (Lipinski definition) is 4. The molecule has 0 fully saturated rings. The van der Waals surface area contributed by atoms with Crippen molar-refractivity contribution in [3.8, 4) is 11.5 Å². The van der Waals surface area contributed by atoms with Crippen LogP contribution in [0.5, 0.6) is 11.5 Å². The number of unbranched alkanes of at least 4 members (excludes halogenated alkanes) is 9. The molecule has 0 bridgehead atoms. The molecule has 0 aliphatic rings. The van der Waals surface area contributed by atoms with Crippen molar-refractivity contribution in [2.75, 3.05) is 37.9 Å². The summed E-state index contributed by atoms with van der Waals surface area (Å²) in [5, 5.41) is 1.92. The van der Waals surface area contributed by atoms with Crippen molar-refractivity contribution < 1.29 is 18.6 Å². The average molecular weight is 619 g/mol. The molecule has 0 saturated carbocycles. The average Bonchev–Trinajstić information content (AvgIpc) is 3.02. The van der Waals surface area contributed by atoms with E-state index in [-0.39, 0.29) is 0 Å². The zero-order valence-corrected chi connectivity index (χ0v) is 29.1. The van der Waals surface area contributed by atoms with Gasteiger partial charge in [0.05, 0.1) is 23.8 Å². The summed E-state index contributed by atoms with van der Waals surface area (Å²) in [7, 11) is -4.84. The van der Waals surface area contributed by atoms with Crippen LogP contribution in [0, 0.1) is 0 Å². The Hall–Kier alpha value is -1.50. The summed E-state index contributed by atoms with van der Waals surface area (Å²) >= 11 is 0. The van der Waals surface area contributed by atoms with Crippen molar-refractivity contribution in [3.05, 3.63) is 48.5 Å². The first-order valence-electron chi connectivity index (χ1n) is 17.0. The molecule has 2 rings (SSSR count). The van der Waals surface area contributed by atoms with Gasteiger partial charge in [0.15, 0.2) is 0 Å². The highest BCUT2D eigenvalue weighted by molar-refractivity contribution is 7.72. The summed E-state index contributed by atoms with van der Waals surface area (Å²) < 4.78 is 40.3. The van der Waals surface area contributed by atoms with E-state index < -0.39 is 14.3 Å². The van der Waals surface area contributed by atoms with E-state index in [4.69, 9.17) is 9.47 Å². The normalized spacial score (nSPS) is 12.0. The molecule has 0 heterocycles. The van der Waals surface area contributed by atoms with Crippen LogP contribution in [-0.2, 0) is 9.13 Å². The van der Waals surface area contributed by atoms with Gasteiger partial charge in [0.1, 0.15) is 25.8 Å². The summed E-state index contributed by atoms with van der Waals surface area (Å²) in [5.41, 5.74) is 0. The summed E-state index contributed by atoms with van der Waals surface area (Å²) in [6, 6.07) is 16.1. The number of ether oxygens (including phenoxy) is 2. The van der Waals surface area contributed by atoms with E-state index in [0.717, 1.165) is 124 Å². The van der Waals surface area contributed by atoms with Crippen LogP contribution in [0.2, 0.25) is 0 Å². The van der Waals surface area contributed by atoms with Gasteiger partial charge < -0.3 is 18.6 Å². The van der Waals surface area contributed by atoms with Gasteiger partial charge in [-0.1, -0.05) is 103 Å². The maximum Gasteiger partial charge on any atom is 0.129 e. The van der Waals surface area contributed by atoms with Gasteiger partial charge in [0.2, 0.25) is 0 Å². The largest absolute Gasteiger partial charge is 0.493 e. The van der Waals surface area contributed by atoms with Gasteiger partial charge in [0.25, 0.3) is 0 Å². The summed E-state index contributed by atoms with van der Waals surface area (Å²) in [5.74, 6) is 1.67. The number of hydrogen-bond donors (Lipinski definition) is 0. The van der Waals surface area contributed by atoms with E-state index in [1.165, 1.54) is 12.8 Å². The first kappa shape index (κ1) is 36.7. The fraction of sp³-hybridized carbons (Fsp3) is 0.667. The first-order chi connectivity index (χ1) is 20.4. The van der Waals surface area contributed by atoms with Crippen molar-refractivity contribution in [1.82, 2.24) is 0 Å². The summed E-state index contributed by atoms with van der Waals surface area (Å²) in [6.07, 6.45) is 18.1. The van der Waals surface area contributed by atoms with Crippen LogP contribution in [0.25, 0.3) is 0 Å². The predicted octanol–water partition coefficient (Wildman–Crippen LogP) is 10.7. The highest BCUT2D eigenvalue weighted by atomic mass is 31.2. The molecule has 4 nitrogen and oxygen atoms in total. The quantitative estimate of drug-likeness (QED) is 0.0821. The molecular formula is C36H60O4P2. The maximum atomic E-state index is 14.0. The third-order valence-electron chi connectivity index (χ3n) is 8.15. The SMILES string of the molecule is CCCCP(=O)(CCCC)c1ccccc1OCCCCCCCCOc1ccccc1P(=O)(CCCC)CCCC. The molecule has 6 heteroatoms. The molecule has 0 N–H and O–H groups in total. The van der Waals surface area contributed by atoms with Crippen molar-refractivity contribution in [1.29, 1.82) is 0 Å². The minimum atomic E-state index is -2.42. The van der Waals surface area contributed by atoms with Gasteiger partial charge in [-0.3, -0.25) is 0 Å². The van der Waals surface area contributed by atoms with Gasteiger partial charge in [-0.25, -0.2) is 0 Å². The zero-order valence-electron chi connectivity index (χ0n) is 27.3. The number of para-hydroxylation sites is 2. The lowest BCUT2D eigenvalue weighted by Crippen LogP contribution is -2.15. The molecule has 0 unspecified atom stereocenters. The molecule has 0 aliphatic carbocycles. The van der Waals surface area contributed by atoms with Crippen LogP contribution >= 0.6 is 14.3 Å². The Bertz CT molecular complexity index is 974. The first-order valence-corrected chi connectivity index (χ1v) is 21.2. The zero-order chi connectivity index (χ0) is 30.5. The van der Waals surface area contributed by atoms with E-state index in [2.05, 4.69) is 27.7 Å². The topological polar surface area (TPSA) is 52.6 Å². The molecule has 0 amide bonds. The number of rotatable bonds is 25. The fourth-order valence-electron chi connectivity index (χ4n) is 5.47. The molecular weight excluding hydrogens is 558 g/mol. The Morgan fingerprint density at radius 3 is 1.10 bits per heavy atom. The second-order valence-corrected chi connectivity index (χ2v) is 18.2. The number of benzene rings is 2. The molecule has 0 atom stereocenters. The lowest BCUT2D eigenvalue weighted by Gasteiger charge is -2.21. The lowest BCUT2D eigenvalue weighted by molar-refractivity contribution is 0.299. The molecule has 0 spiro atoms. The smallest absolute Gasteiger partial charge is 0.129 e. The highest BCUT2D eigenvalue weighted by Crippen LogP contribution is 2.49. The maximum absolute atomic E-state index is 14.0. The van der Waals surface area contributed by atoms with Gasteiger partial charge in [-0.2, -0.15) is 0 Å². The molecule has 0 aromatic heterocycles. The molecule has 2 aromatic carbocycles. The second kappa shape index (κ2) is 21.2. The monoisotopic (exact) mass is 618 g/mol. The van der Waals surface area contributed by atoms with E-state index >= 15 is 0 Å². The Morgan fingerprint density at radius 1 is 0.452 bits per heavy atom. The van der Waals surface area contributed by atoms with Gasteiger partial charge >= 0.3 is 0 Å². The Kier molecular flexibility index (Phi) is 18.6. The molecule has 0 saturated heterocycles. The highest BCUT2D eigenvalue weighted by Gasteiger charge is 2.28. The third-order valence-corrected chi connectivity index (χ3v) is 14.8. The molecule has 2 aromatic rings. The fourth-order valence-corrected chi connectivity index (χ4v) is 12.0. The van der Waals surface area contributed by atoms with Crippen LogP contribution in [0.4, 0.5) is 0 Å². The van der Waals surface area contributed by atoms with Gasteiger partial charge in [0, 0.05) is 24.6 Å². The van der Waals surface area contributed by atoms with E-state index in [1.54, 1.807) is 0 Å². The standard InChI is InChI=1S/C36H60O4P2/c1-5-9-29-41(37,30-10-6-2)35-25-19-17-23-33(35)39-27-21-15-13-14-16-22-28-40-34-24-18-20-26-36(34)42(38,31-11-7-3)32-12-8-4/h17-20,23-26H,5-16,21-22,27-32H2,1-4H3. The Morgan fingerprint density at radius 2 is 0.762 bits per heavy atom. The summed E-state index contributed by atoms with van der Waals surface area (Å²) in [6.45, 7) is 10.0. The van der Waals surface area contributed by atoms with Crippen LogP contribution < -0.4 is 20.1 Å². The molecule has 42 heavy (non-hydrogen) atoms. The summed E-state index contributed by atoms with van der Waals surface area (Å²) in [4.78, 5) is 0.